The van der Waals surface area contributed by atoms with Gasteiger partial charge in [0.15, 0.2) is 6.10 Å². The van der Waals surface area contributed by atoms with Gasteiger partial charge in [-0.25, -0.2) is 0 Å². The average molecular weight is 938 g/mol. The van der Waals surface area contributed by atoms with Crippen LogP contribution in [-0.4, -0.2) is 37.2 Å². The van der Waals surface area contributed by atoms with Crippen LogP contribution < -0.4 is 0 Å². The molecule has 0 radical (unpaired) electrons. The highest BCUT2D eigenvalue weighted by Gasteiger charge is 2.19. The Morgan fingerprint density at radius 2 is 0.582 bits per heavy atom. The average Bonchev–Trinajstić information content (AvgIpc) is 3.33. The molecule has 0 amide bonds. The maximum absolute atomic E-state index is 12.7. The Kier molecular flexibility index (Phi) is 53.3. The second kappa shape index (κ2) is 55.7. The van der Waals surface area contributed by atoms with Crippen molar-refractivity contribution < 1.29 is 28.6 Å². The molecule has 0 aliphatic rings. The molecule has 6 nitrogen and oxygen atoms in total. The Hall–Kier alpha value is -2.89. The van der Waals surface area contributed by atoms with Gasteiger partial charge < -0.3 is 14.2 Å². The third kappa shape index (κ3) is 53.9. The molecule has 0 N–H and O–H groups in total. The fraction of sp³-hybridized carbons (Fsp3) is 0.787. The Balaban J connectivity index is 4.06. The summed E-state index contributed by atoms with van der Waals surface area (Å²) >= 11 is 0. The van der Waals surface area contributed by atoms with Gasteiger partial charge in [0.05, 0.1) is 0 Å². The van der Waals surface area contributed by atoms with Gasteiger partial charge in [-0.15, -0.1) is 0 Å². The molecular formula is C61H108O6. The van der Waals surface area contributed by atoms with E-state index in [0.717, 1.165) is 83.5 Å². The largest absolute Gasteiger partial charge is 0.462 e. The normalized spacial score (nSPS) is 12.5. The third-order valence-corrected chi connectivity index (χ3v) is 12.5. The van der Waals surface area contributed by atoms with E-state index in [2.05, 4.69) is 81.5 Å². The number of carbonyl (C=O) groups is 3. The summed E-state index contributed by atoms with van der Waals surface area (Å²) in [6.07, 6.45) is 70.0. The van der Waals surface area contributed by atoms with Gasteiger partial charge in [0.2, 0.25) is 0 Å². The quantitative estimate of drug-likeness (QED) is 0.0262. The lowest BCUT2D eigenvalue weighted by Gasteiger charge is -2.18. The van der Waals surface area contributed by atoms with E-state index in [0.29, 0.717) is 19.3 Å². The summed E-state index contributed by atoms with van der Waals surface area (Å²) < 4.78 is 16.7. The topological polar surface area (TPSA) is 78.9 Å². The lowest BCUT2D eigenvalue weighted by atomic mass is 10.0. The molecule has 0 fully saturated rings. The molecule has 0 heterocycles. The van der Waals surface area contributed by atoms with E-state index in [1.54, 1.807) is 0 Å². The number of rotatable bonds is 52. The Bertz CT molecular complexity index is 1210. The highest BCUT2D eigenvalue weighted by molar-refractivity contribution is 5.71. The lowest BCUT2D eigenvalue weighted by Crippen LogP contribution is -2.30. The second-order valence-corrected chi connectivity index (χ2v) is 19.2. The van der Waals surface area contributed by atoms with Crippen LogP contribution in [0, 0.1) is 0 Å². The van der Waals surface area contributed by atoms with Gasteiger partial charge >= 0.3 is 17.9 Å². The molecular weight excluding hydrogens is 829 g/mol. The van der Waals surface area contributed by atoms with E-state index < -0.39 is 6.10 Å². The Morgan fingerprint density at radius 3 is 0.896 bits per heavy atom. The first kappa shape index (κ1) is 64.1. The molecule has 67 heavy (non-hydrogen) atoms. The van der Waals surface area contributed by atoms with E-state index >= 15 is 0 Å². The molecule has 388 valence electrons. The van der Waals surface area contributed by atoms with Crippen molar-refractivity contribution in [1.29, 1.82) is 0 Å². The van der Waals surface area contributed by atoms with Crippen molar-refractivity contribution in [3.05, 3.63) is 60.8 Å². The standard InChI is InChI=1S/C61H108O6/c1-4-7-10-13-15-17-19-21-23-25-26-27-28-29-30-31-32-33-34-36-37-39-41-43-45-48-51-54-60(63)66-57-58(56-65-59(62)53-50-47-12-9-6-3)67-61(64)55-52-49-46-44-42-40-38-35-24-22-20-18-16-14-11-8-5-2/h8,11,16,18,22,24,38,40,44,46,58H,4-7,9-10,12-15,17,19-21,23,25-37,39,41-43,45,47-57H2,1-3H3/b11-8-,18-16-,24-22-,40-38-,46-44-. The molecule has 0 aromatic heterocycles. The zero-order valence-electron chi connectivity index (χ0n) is 44.4. The SMILES string of the molecule is CC/C=C\C/C=C\C/C=C\C/C=C\C/C=C\CCCC(=O)OC(COC(=O)CCCCCCC)COC(=O)CCCCCCCCCCCCCCCCCCCCCCCCCCCCC. The van der Waals surface area contributed by atoms with Crippen LogP contribution in [0.5, 0.6) is 0 Å². The minimum atomic E-state index is -0.798. The van der Waals surface area contributed by atoms with Crippen LogP contribution in [0.4, 0.5) is 0 Å². The van der Waals surface area contributed by atoms with Gasteiger partial charge in [-0.3, -0.25) is 14.4 Å². The summed E-state index contributed by atoms with van der Waals surface area (Å²) in [6.45, 7) is 6.42. The fourth-order valence-electron chi connectivity index (χ4n) is 8.24. The predicted molar refractivity (Wildman–Crippen MR) is 288 cm³/mol. The van der Waals surface area contributed by atoms with E-state index in [9.17, 15) is 14.4 Å². The van der Waals surface area contributed by atoms with Gasteiger partial charge in [0.25, 0.3) is 0 Å². The van der Waals surface area contributed by atoms with Gasteiger partial charge in [-0.2, -0.15) is 0 Å². The minimum absolute atomic E-state index is 0.0946. The van der Waals surface area contributed by atoms with Crippen LogP contribution in [-0.2, 0) is 28.6 Å². The molecule has 1 atom stereocenters. The summed E-state index contributed by atoms with van der Waals surface area (Å²) in [5.41, 5.74) is 0. The van der Waals surface area contributed by atoms with Gasteiger partial charge in [-0.05, 0) is 57.8 Å². The first-order valence-electron chi connectivity index (χ1n) is 28.8. The highest BCUT2D eigenvalue weighted by atomic mass is 16.6. The molecule has 6 heteroatoms. The molecule has 0 rings (SSSR count). The second-order valence-electron chi connectivity index (χ2n) is 19.2. The van der Waals surface area contributed by atoms with E-state index in [-0.39, 0.29) is 37.5 Å². The predicted octanol–water partition coefficient (Wildman–Crippen LogP) is 19.2. The molecule has 0 saturated carbocycles. The zero-order chi connectivity index (χ0) is 48.6. The Labute approximate surface area is 415 Å². The molecule has 0 spiro atoms. The van der Waals surface area contributed by atoms with Crippen LogP contribution in [0.25, 0.3) is 0 Å². The summed E-state index contributed by atoms with van der Waals surface area (Å²) in [5.74, 6) is -0.959. The minimum Gasteiger partial charge on any atom is -0.462 e. The maximum Gasteiger partial charge on any atom is 0.306 e. The molecule has 1 unspecified atom stereocenters. The molecule has 0 aliphatic carbocycles. The summed E-state index contributed by atoms with van der Waals surface area (Å²) in [7, 11) is 0. The number of hydrogen-bond acceptors (Lipinski definition) is 6. The fourth-order valence-corrected chi connectivity index (χ4v) is 8.24. The van der Waals surface area contributed by atoms with E-state index in [4.69, 9.17) is 14.2 Å². The van der Waals surface area contributed by atoms with Crippen molar-refractivity contribution in [2.75, 3.05) is 13.2 Å². The number of allylic oxidation sites excluding steroid dienone is 10. The van der Waals surface area contributed by atoms with Crippen LogP contribution in [0.15, 0.2) is 60.8 Å². The van der Waals surface area contributed by atoms with Gasteiger partial charge in [-0.1, -0.05) is 274 Å². The molecule has 0 saturated heterocycles. The number of unbranched alkanes of at least 4 members (excludes halogenated alkanes) is 31. The lowest BCUT2D eigenvalue weighted by molar-refractivity contribution is -0.167. The molecule has 0 aliphatic heterocycles. The van der Waals surface area contributed by atoms with Crippen LogP contribution in [0.1, 0.15) is 290 Å². The van der Waals surface area contributed by atoms with Crippen molar-refractivity contribution >= 4 is 17.9 Å². The number of ether oxygens (including phenoxy) is 3. The van der Waals surface area contributed by atoms with Gasteiger partial charge in [0, 0.05) is 19.3 Å². The van der Waals surface area contributed by atoms with Crippen LogP contribution >= 0.6 is 0 Å². The monoisotopic (exact) mass is 937 g/mol. The van der Waals surface area contributed by atoms with Crippen molar-refractivity contribution in [2.45, 2.75) is 297 Å². The summed E-state index contributed by atoms with van der Waals surface area (Å²) in [6, 6.07) is 0. The smallest absolute Gasteiger partial charge is 0.306 e. The summed E-state index contributed by atoms with van der Waals surface area (Å²) in [5, 5.41) is 0. The number of hydrogen-bond donors (Lipinski definition) is 0. The molecule has 0 bridgehead atoms. The molecule has 0 aromatic rings. The van der Waals surface area contributed by atoms with Gasteiger partial charge in [0.1, 0.15) is 13.2 Å². The Morgan fingerprint density at radius 1 is 0.313 bits per heavy atom. The van der Waals surface area contributed by atoms with E-state index in [1.807, 2.05) is 0 Å². The summed E-state index contributed by atoms with van der Waals surface area (Å²) in [4.78, 5) is 37.7. The van der Waals surface area contributed by atoms with Crippen molar-refractivity contribution in [3.8, 4) is 0 Å². The zero-order valence-corrected chi connectivity index (χ0v) is 44.4. The maximum atomic E-state index is 12.7. The van der Waals surface area contributed by atoms with Crippen LogP contribution in [0.2, 0.25) is 0 Å². The van der Waals surface area contributed by atoms with Crippen LogP contribution in [0.3, 0.4) is 0 Å². The third-order valence-electron chi connectivity index (χ3n) is 12.5. The van der Waals surface area contributed by atoms with Crippen molar-refractivity contribution in [2.24, 2.45) is 0 Å². The first-order chi connectivity index (χ1) is 33.0. The highest BCUT2D eigenvalue weighted by Crippen LogP contribution is 2.17. The molecule has 0 aromatic carbocycles. The van der Waals surface area contributed by atoms with Crippen molar-refractivity contribution in [3.63, 3.8) is 0 Å². The number of esters is 3. The first-order valence-corrected chi connectivity index (χ1v) is 28.8. The number of carbonyl (C=O) groups excluding carboxylic acids is 3. The van der Waals surface area contributed by atoms with E-state index in [1.165, 1.54) is 161 Å². The van der Waals surface area contributed by atoms with Crippen molar-refractivity contribution in [1.82, 2.24) is 0 Å².